The van der Waals surface area contributed by atoms with Crippen LogP contribution in [0, 0.1) is 5.82 Å². The van der Waals surface area contributed by atoms with E-state index in [1.807, 2.05) is 0 Å². The number of nitrogens with one attached hydrogen (secondary N) is 1. The summed E-state index contributed by atoms with van der Waals surface area (Å²) in [4.78, 5) is 11.7. The Morgan fingerprint density at radius 3 is 2.65 bits per heavy atom. The molecule has 0 bridgehead atoms. The molecule has 1 amide bonds. The summed E-state index contributed by atoms with van der Waals surface area (Å²) < 4.78 is 18.5. The van der Waals surface area contributed by atoms with Crippen molar-refractivity contribution in [1.29, 1.82) is 0 Å². The Morgan fingerprint density at radius 1 is 1.50 bits per heavy atom. The minimum Gasteiger partial charge on any atom is -0.444 e. The number of ether oxygens (including phenoxy) is 1. The van der Waals surface area contributed by atoms with Crippen molar-refractivity contribution < 1.29 is 13.9 Å². The summed E-state index contributed by atoms with van der Waals surface area (Å²) in [5.41, 5.74) is 5.74. The first-order chi connectivity index (χ1) is 9.21. The Morgan fingerprint density at radius 2 is 2.15 bits per heavy atom. The van der Waals surface area contributed by atoms with Crippen LogP contribution < -0.4 is 11.1 Å². The molecule has 0 aromatic heterocycles. The number of hydrogen-bond acceptors (Lipinski definition) is 3. The number of rotatable bonds is 4. The van der Waals surface area contributed by atoms with Crippen molar-refractivity contribution in [2.24, 2.45) is 5.73 Å². The van der Waals surface area contributed by atoms with Gasteiger partial charge in [0, 0.05) is 12.6 Å². The molecular formula is C14H20ClFN2O2. The lowest BCUT2D eigenvalue weighted by molar-refractivity contribution is 0.0506. The van der Waals surface area contributed by atoms with Crippen LogP contribution in [0.25, 0.3) is 0 Å². The van der Waals surface area contributed by atoms with Gasteiger partial charge in [0.05, 0.1) is 5.02 Å². The molecule has 4 nitrogen and oxygen atoms in total. The number of halogens is 2. The number of carbonyl (C=O) groups excluding carboxylic acids is 1. The van der Waals surface area contributed by atoms with E-state index >= 15 is 0 Å². The standard InChI is InChI=1S/C14H20ClFN2O2/c1-14(2,3)20-13(19)18-10(8-17)6-9-4-5-11(15)12(16)7-9/h4-5,7,10H,6,8,17H2,1-3H3,(H,18,19). The summed E-state index contributed by atoms with van der Waals surface area (Å²) in [6.07, 6.45) is -0.133. The Bertz CT molecular complexity index is 475. The van der Waals surface area contributed by atoms with Crippen molar-refractivity contribution in [3.05, 3.63) is 34.6 Å². The van der Waals surface area contributed by atoms with Crippen LogP contribution in [0.5, 0.6) is 0 Å². The van der Waals surface area contributed by atoms with E-state index < -0.39 is 17.5 Å². The van der Waals surface area contributed by atoms with E-state index in [9.17, 15) is 9.18 Å². The van der Waals surface area contributed by atoms with Crippen LogP contribution in [0.2, 0.25) is 5.02 Å². The van der Waals surface area contributed by atoms with Crippen molar-refractivity contribution in [3.63, 3.8) is 0 Å². The summed E-state index contributed by atoms with van der Waals surface area (Å²) >= 11 is 5.62. The van der Waals surface area contributed by atoms with Gasteiger partial charge in [0.15, 0.2) is 0 Å². The fraction of sp³-hybridized carbons (Fsp3) is 0.500. The molecule has 1 aromatic rings. The fourth-order valence-electron chi connectivity index (χ4n) is 1.62. The average Bonchev–Trinajstić information content (AvgIpc) is 2.30. The molecule has 1 aromatic carbocycles. The lowest BCUT2D eigenvalue weighted by Gasteiger charge is -2.23. The second-order valence-electron chi connectivity index (χ2n) is 5.53. The normalized spacial score (nSPS) is 12.9. The smallest absolute Gasteiger partial charge is 0.407 e. The lowest BCUT2D eigenvalue weighted by atomic mass is 10.1. The Kier molecular flexibility index (Phi) is 5.77. The summed E-state index contributed by atoms with van der Waals surface area (Å²) in [5.74, 6) is -0.489. The minimum atomic E-state index is -0.574. The van der Waals surface area contributed by atoms with E-state index in [0.717, 1.165) is 0 Å². The predicted molar refractivity (Wildman–Crippen MR) is 77.3 cm³/mol. The highest BCUT2D eigenvalue weighted by atomic mass is 35.5. The van der Waals surface area contributed by atoms with Gasteiger partial charge in [0.1, 0.15) is 11.4 Å². The van der Waals surface area contributed by atoms with E-state index in [2.05, 4.69) is 5.32 Å². The van der Waals surface area contributed by atoms with Gasteiger partial charge < -0.3 is 15.8 Å². The molecule has 0 saturated heterocycles. The van der Waals surface area contributed by atoms with Crippen molar-refractivity contribution in [2.45, 2.75) is 38.8 Å². The summed E-state index contributed by atoms with van der Waals surface area (Å²) in [7, 11) is 0. The number of nitrogens with two attached hydrogens (primary N) is 1. The number of amides is 1. The zero-order chi connectivity index (χ0) is 15.3. The van der Waals surface area contributed by atoms with Crippen molar-refractivity contribution in [3.8, 4) is 0 Å². The number of hydrogen-bond donors (Lipinski definition) is 2. The zero-order valence-corrected chi connectivity index (χ0v) is 12.6. The molecule has 3 N–H and O–H groups in total. The molecular weight excluding hydrogens is 283 g/mol. The van der Waals surface area contributed by atoms with Crippen molar-refractivity contribution >= 4 is 17.7 Å². The van der Waals surface area contributed by atoms with Crippen LogP contribution in [0.1, 0.15) is 26.3 Å². The largest absolute Gasteiger partial charge is 0.444 e. The molecule has 0 aliphatic rings. The van der Waals surface area contributed by atoms with E-state index in [1.165, 1.54) is 12.1 Å². The van der Waals surface area contributed by atoms with Gasteiger partial charge in [-0.25, -0.2) is 9.18 Å². The van der Waals surface area contributed by atoms with Gasteiger partial charge >= 0.3 is 6.09 Å². The van der Waals surface area contributed by atoms with E-state index in [0.29, 0.717) is 12.0 Å². The van der Waals surface area contributed by atoms with E-state index in [4.69, 9.17) is 22.1 Å². The lowest BCUT2D eigenvalue weighted by Crippen LogP contribution is -2.44. The highest BCUT2D eigenvalue weighted by molar-refractivity contribution is 6.30. The Balaban J connectivity index is 2.63. The van der Waals surface area contributed by atoms with E-state index in [-0.39, 0.29) is 17.6 Å². The van der Waals surface area contributed by atoms with Crippen LogP contribution in [-0.4, -0.2) is 24.3 Å². The quantitative estimate of drug-likeness (QED) is 0.899. The van der Waals surface area contributed by atoms with Crippen LogP contribution in [0.4, 0.5) is 9.18 Å². The predicted octanol–water partition coefficient (Wildman–Crippen LogP) is 2.87. The highest BCUT2D eigenvalue weighted by Crippen LogP contribution is 2.16. The molecule has 20 heavy (non-hydrogen) atoms. The van der Waals surface area contributed by atoms with E-state index in [1.54, 1.807) is 26.8 Å². The molecule has 0 heterocycles. The maximum Gasteiger partial charge on any atom is 0.407 e. The molecule has 0 radical (unpaired) electrons. The molecule has 1 rings (SSSR count). The second kappa shape index (κ2) is 6.90. The maximum atomic E-state index is 13.3. The first-order valence-corrected chi connectivity index (χ1v) is 6.72. The van der Waals surface area contributed by atoms with Crippen LogP contribution in [0.15, 0.2) is 18.2 Å². The number of alkyl carbamates (subject to hydrolysis) is 1. The maximum absolute atomic E-state index is 13.3. The Labute approximate surface area is 123 Å². The molecule has 1 unspecified atom stereocenters. The third-order valence-electron chi connectivity index (χ3n) is 2.47. The Hall–Kier alpha value is -1.33. The third-order valence-corrected chi connectivity index (χ3v) is 2.78. The molecule has 0 fully saturated rings. The van der Waals surface area contributed by atoms with Crippen LogP contribution in [0.3, 0.4) is 0 Å². The SMILES string of the molecule is CC(C)(C)OC(=O)NC(CN)Cc1ccc(Cl)c(F)c1. The highest BCUT2D eigenvalue weighted by Gasteiger charge is 2.19. The molecule has 0 spiro atoms. The van der Waals surface area contributed by atoms with Gasteiger partial charge in [0.2, 0.25) is 0 Å². The monoisotopic (exact) mass is 302 g/mol. The topological polar surface area (TPSA) is 64.3 Å². The minimum absolute atomic E-state index is 0.0677. The molecule has 0 aliphatic carbocycles. The summed E-state index contributed by atoms with van der Waals surface area (Å²) in [6, 6.07) is 4.19. The van der Waals surface area contributed by atoms with Crippen LogP contribution >= 0.6 is 11.6 Å². The van der Waals surface area contributed by atoms with Crippen molar-refractivity contribution in [1.82, 2.24) is 5.32 Å². The number of benzene rings is 1. The van der Waals surface area contributed by atoms with Gasteiger partial charge in [-0.05, 0) is 44.9 Å². The average molecular weight is 303 g/mol. The third kappa shape index (κ3) is 5.75. The van der Waals surface area contributed by atoms with Crippen molar-refractivity contribution in [2.75, 3.05) is 6.54 Å². The van der Waals surface area contributed by atoms with Gasteiger partial charge in [-0.2, -0.15) is 0 Å². The van der Waals surface area contributed by atoms with Gasteiger partial charge in [-0.15, -0.1) is 0 Å². The van der Waals surface area contributed by atoms with Gasteiger partial charge in [-0.3, -0.25) is 0 Å². The fourth-order valence-corrected chi connectivity index (χ4v) is 1.74. The molecule has 0 aliphatic heterocycles. The molecule has 0 saturated carbocycles. The second-order valence-corrected chi connectivity index (χ2v) is 5.94. The zero-order valence-electron chi connectivity index (χ0n) is 11.9. The van der Waals surface area contributed by atoms with Gasteiger partial charge in [-0.1, -0.05) is 17.7 Å². The number of carbonyl (C=O) groups is 1. The summed E-state index contributed by atoms with van der Waals surface area (Å²) in [6.45, 7) is 5.55. The molecule has 1 atom stereocenters. The van der Waals surface area contributed by atoms with Gasteiger partial charge in [0.25, 0.3) is 0 Å². The molecule has 112 valence electrons. The first-order valence-electron chi connectivity index (χ1n) is 6.35. The molecule has 6 heteroatoms. The van der Waals surface area contributed by atoms with Crippen LogP contribution in [-0.2, 0) is 11.2 Å². The summed E-state index contributed by atoms with van der Waals surface area (Å²) in [5, 5.41) is 2.73. The first kappa shape index (κ1) is 16.7.